The zero-order chi connectivity index (χ0) is 18.0. The highest BCUT2D eigenvalue weighted by Gasteiger charge is 2.26. The Hall–Kier alpha value is -2.85. The minimum atomic E-state index is -0.493. The van der Waals surface area contributed by atoms with E-state index in [1.807, 2.05) is 30.3 Å². The monoisotopic (exact) mass is 339 g/mol. The molecule has 130 valence electrons. The first-order chi connectivity index (χ1) is 12.0. The molecule has 1 aromatic heterocycles. The highest BCUT2D eigenvalue weighted by Crippen LogP contribution is 2.22. The van der Waals surface area contributed by atoms with E-state index in [1.54, 1.807) is 18.9 Å². The molecule has 7 heteroatoms. The van der Waals surface area contributed by atoms with E-state index < -0.39 is 6.04 Å². The van der Waals surface area contributed by atoms with Crippen LogP contribution in [0.4, 0.5) is 0 Å². The molecule has 0 unspecified atom stereocenters. The van der Waals surface area contributed by atoms with Crippen LogP contribution < -0.4 is 5.32 Å². The van der Waals surface area contributed by atoms with Gasteiger partial charge in [-0.2, -0.15) is 5.26 Å². The number of imidazole rings is 1. The number of aliphatic hydroxyl groups is 1. The third-order valence-corrected chi connectivity index (χ3v) is 4.39. The van der Waals surface area contributed by atoms with E-state index in [1.165, 1.54) is 0 Å². The number of para-hydroxylation sites is 2. The van der Waals surface area contributed by atoms with Crippen LogP contribution in [-0.2, 0) is 4.79 Å². The van der Waals surface area contributed by atoms with Crippen molar-refractivity contribution in [2.24, 2.45) is 0 Å². The molecule has 2 aromatic rings. The van der Waals surface area contributed by atoms with Crippen molar-refractivity contribution < 1.29 is 9.90 Å². The van der Waals surface area contributed by atoms with E-state index >= 15 is 0 Å². The minimum absolute atomic E-state index is 0.0769. The molecule has 3 N–H and O–H groups in total. The van der Waals surface area contributed by atoms with Crippen LogP contribution in [-0.4, -0.2) is 51.6 Å². The normalized spacial score (nSPS) is 16.4. The first kappa shape index (κ1) is 17.0. The summed E-state index contributed by atoms with van der Waals surface area (Å²) in [6.45, 7) is 1.90. The fourth-order valence-electron chi connectivity index (χ4n) is 2.58. The highest BCUT2D eigenvalue weighted by molar-refractivity contribution is 5.83. The van der Waals surface area contributed by atoms with Crippen LogP contribution in [0.25, 0.3) is 16.6 Å². The SMILES string of the molecule is C[C@@H](/C(O)=C(\C#N)c1nc2ccccc2[nH]1)N(C)CC(=O)NC1CC1. The zero-order valence-electron chi connectivity index (χ0n) is 14.3. The number of fused-ring (bicyclic) bond motifs is 1. The Bertz CT molecular complexity index is 827. The number of allylic oxidation sites excluding steroid dienone is 1. The summed E-state index contributed by atoms with van der Waals surface area (Å²) < 4.78 is 0. The lowest BCUT2D eigenvalue weighted by Crippen LogP contribution is -2.41. The summed E-state index contributed by atoms with van der Waals surface area (Å²) in [5.41, 5.74) is 1.60. The molecule has 1 atom stereocenters. The quantitative estimate of drug-likeness (QED) is 0.551. The second-order valence-corrected chi connectivity index (χ2v) is 6.41. The number of aliphatic hydroxyl groups excluding tert-OH is 1. The van der Waals surface area contributed by atoms with Crippen molar-refractivity contribution in [2.45, 2.75) is 31.8 Å². The lowest BCUT2D eigenvalue weighted by atomic mass is 10.1. The molecule has 25 heavy (non-hydrogen) atoms. The van der Waals surface area contributed by atoms with Gasteiger partial charge in [0.05, 0.1) is 23.6 Å². The lowest BCUT2D eigenvalue weighted by Gasteiger charge is -2.24. The number of nitriles is 1. The van der Waals surface area contributed by atoms with Crippen molar-refractivity contribution in [1.82, 2.24) is 20.2 Å². The summed E-state index contributed by atoms with van der Waals surface area (Å²) in [6.07, 6.45) is 2.06. The molecule has 1 aromatic carbocycles. The molecule has 0 radical (unpaired) electrons. The van der Waals surface area contributed by atoms with Crippen molar-refractivity contribution in [2.75, 3.05) is 13.6 Å². The van der Waals surface area contributed by atoms with Crippen LogP contribution in [0.5, 0.6) is 0 Å². The van der Waals surface area contributed by atoms with Crippen LogP contribution in [0.1, 0.15) is 25.6 Å². The molecule has 1 fully saturated rings. The van der Waals surface area contributed by atoms with Gasteiger partial charge in [0.15, 0.2) is 5.82 Å². The maximum atomic E-state index is 11.9. The van der Waals surface area contributed by atoms with Gasteiger partial charge in [0, 0.05) is 6.04 Å². The Labute approximate surface area is 146 Å². The van der Waals surface area contributed by atoms with Crippen molar-refractivity contribution in [3.63, 3.8) is 0 Å². The summed E-state index contributed by atoms with van der Waals surface area (Å²) in [5.74, 6) is 0.138. The fraction of sp³-hybridized carbons (Fsp3) is 0.389. The number of H-pyrrole nitrogens is 1. The second kappa shape index (κ2) is 6.95. The van der Waals surface area contributed by atoms with Gasteiger partial charge in [0.1, 0.15) is 17.4 Å². The summed E-state index contributed by atoms with van der Waals surface area (Å²) in [7, 11) is 1.74. The van der Waals surface area contributed by atoms with Gasteiger partial charge in [-0.1, -0.05) is 12.1 Å². The van der Waals surface area contributed by atoms with Gasteiger partial charge < -0.3 is 15.4 Å². The van der Waals surface area contributed by atoms with E-state index in [9.17, 15) is 15.2 Å². The summed E-state index contributed by atoms with van der Waals surface area (Å²) in [6, 6.07) is 9.24. The molecule has 3 rings (SSSR count). The molecular weight excluding hydrogens is 318 g/mol. The predicted molar refractivity (Wildman–Crippen MR) is 94.5 cm³/mol. The number of amides is 1. The maximum Gasteiger partial charge on any atom is 0.234 e. The smallest absolute Gasteiger partial charge is 0.234 e. The topological polar surface area (TPSA) is 105 Å². The van der Waals surface area contributed by atoms with Gasteiger partial charge >= 0.3 is 0 Å². The van der Waals surface area contributed by atoms with Crippen LogP contribution in [0, 0.1) is 11.3 Å². The minimum Gasteiger partial charge on any atom is -0.509 e. The van der Waals surface area contributed by atoms with Crippen molar-refractivity contribution in [1.29, 1.82) is 5.26 Å². The highest BCUT2D eigenvalue weighted by atomic mass is 16.3. The molecule has 1 aliphatic rings. The third-order valence-electron chi connectivity index (χ3n) is 4.39. The van der Waals surface area contributed by atoms with Crippen molar-refractivity contribution in [3.05, 3.63) is 35.8 Å². The van der Waals surface area contributed by atoms with Crippen molar-refractivity contribution in [3.8, 4) is 6.07 Å². The number of aromatic amines is 1. The molecule has 0 aliphatic heterocycles. The van der Waals surface area contributed by atoms with E-state index in [0.29, 0.717) is 11.9 Å². The maximum absolute atomic E-state index is 11.9. The number of hydrogen-bond donors (Lipinski definition) is 3. The Morgan fingerprint density at radius 3 is 2.88 bits per heavy atom. The van der Waals surface area contributed by atoms with E-state index in [0.717, 1.165) is 23.9 Å². The summed E-state index contributed by atoms with van der Waals surface area (Å²) >= 11 is 0. The first-order valence-electron chi connectivity index (χ1n) is 8.27. The summed E-state index contributed by atoms with van der Waals surface area (Å²) in [4.78, 5) is 21.0. The number of benzene rings is 1. The standard InChI is InChI=1S/C18H21N5O2/c1-11(23(2)10-16(24)20-12-7-8-12)17(25)13(9-19)18-21-14-5-3-4-6-15(14)22-18/h3-6,11-12,25H,7-8,10H2,1-2H3,(H,20,24)(H,21,22)/b17-13-/t11-/m0/s1. The van der Waals surface area contributed by atoms with E-state index in [4.69, 9.17) is 0 Å². The Morgan fingerprint density at radius 1 is 1.52 bits per heavy atom. The van der Waals surface area contributed by atoms with Crippen LogP contribution in [0.3, 0.4) is 0 Å². The number of rotatable bonds is 6. The van der Waals surface area contributed by atoms with Gasteiger partial charge in [-0.15, -0.1) is 0 Å². The molecule has 0 spiro atoms. The number of likely N-dealkylation sites (N-methyl/N-ethyl adjacent to an activating group) is 1. The van der Waals surface area contributed by atoms with Gasteiger partial charge in [-0.05, 0) is 38.9 Å². The van der Waals surface area contributed by atoms with Crippen LogP contribution in [0.2, 0.25) is 0 Å². The first-order valence-corrected chi connectivity index (χ1v) is 8.27. The largest absolute Gasteiger partial charge is 0.509 e. The molecule has 0 saturated heterocycles. The van der Waals surface area contributed by atoms with Crippen LogP contribution >= 0.6 is 0 Å². The van der Waals surface area contributed by atoms with Crippen LogP contribution in [0.15, 0.2) is 30.0 Å². The van der Waals surface area contributed by atoms with E-state index in [2.05, 4.69) is 15.3 Å². The third kappa shape index (κ3) is 3.80. The van der Waals surface area contributed by atoms with Gasteiger partial charge in [-0.3, -0.25) is 9.69 Å². The number of carbonyl (C=O) groups excluding carboxylic acids is 1. The van der Waals surface area contributed by atoms with E-state index in [-0.39, 0.29) is 23.8 Å². The zero-order valence-corrected chi connectivity index (χ0v) is 14.3. The average Bonchev–Trinajstić information content (AvgIpc) is 3.29. The number of nitrogens with one attached hydrogen (secondary N) is 2. The Kier molecular flexibility index (Phi) is 4.72. The molecule has 7 nitrogen and oxygen atoms in total. The molecule has 0 bridgehead atoms. The predicted octanol–water partition coefficient (Wildman–Crippen LogP) is 1.95. The average molecular weight is 339 g/mol. The molecular formula is C18H21N5O2. The summed E-state index contributed by atoms with van der Waals surface area (Å²) in [5, 5.41) is 23.0. The fourth-order valence-corrected chi connectivity index (χ4v) is 2.58. The Morgan fingerprint density at radius 2 is 2.24 bits per heavy atom. The van der Waals surface area contributed by atoms with Gasteiger partial charge in [0.25, 0.3) is 0 Å². The number of nitrogens with zero attached hydrogens (tertiary/aromatic N) is 3. The molecule has 1 amide bonds. The van der Waals surface area contributed by atoms with Gasteiger partial charge in [-0.25, -0.2) is 4.98 Å². The van der Waals surface area contributed by atoms with Gasteiger partial charge in [0.2, 0.25) is 5.91 Å². The number of aromatic nitrogens is 2. The second-order valence-electron chi connectivity index (χ2n) is 6.41. The number of hydrogen-bond acceptors (Lipinski definition) is 5. The lowest BCUT2D eigenvalue weighted by molar-refractivity contribution is -0.122. The molecule has 1 heterocycles. The van der Waals surface area contributed by atoms with Crippen molar-refractivity contribution >= 4 is 22.5 Å². The molecule has 1 aliphatic carbocycles. The molecule has 1 saturated carbocycles. The number of carbonyl (C=O) groups is 1. The Balaban J connectivity index is 1.79.